The second-order valence-corrected chi connectivity index (χ2v) is 8.00. The summed E-state index contributed by atoms with van der Waals surface area (Å²) in [6.45, 7) is 3.61. The van der Waals surface area contributed by atoms with Gasteiger partial charge in [-0.1, -0.05) is 18.2 Å². The molecule has 1 aliphatic carbocycles. The Bertz CT molecular complexity index is 808. The number of benzene rings is 2. The molecule has 0 heterocycles. The summed E-state index contributed by atoms with van der Waals surface area (Å²) in [4.78, 5) is 12.8. The van der Waals surface area contributed by atoms with Crippen molar-refractivity contribution < 1.29 is 14.6 Å². The first-order valence-corrected chi connectivity index (χ1v) is 9.65. The molecule has 2 aromatic carbocycles. The molecule has 27 heavy (non-hydrogen) atoms. The predicted molar refractivity (Wildman–Crippen MR) is 107 cm³/mol. The minimum absolute atomic E-state index is 0.0344. The number of fused-ring (bicyclic) bond motifs is 1. The fourth-order valence-electron chi connectivity index (χ4n) is 3.63. The molecule has 0 fully saturated rings. The number of aryl methyl sites for hydroxylation is 2. The Morgan fingerprint density at radius 2 is 2.07 bits per heavy atom. The van der Waals surface area contributed by atoms with Gasteiger partial charge in [0.25, 0.3) is 5.91 Å². The van der Waals surface area contributed by atoms with Gasteiger partial charge in [-0.05, 0) is 86.9 Å². The maximum absolute atomic E-state index is 12.8. The van der Waals surface area contributed by atoms with Crippen molar-refractivity contribution in [3.05, 3.63) is 64.7 Å². The van der Waals surface area contributed by atoms with Crippen LogP contribution in [-0.4, -0.2) is 23.7 Å². The minimum Gasteiger partial charge on any atom is -0.497 e. The molecule has 0 radical (unpaired) electrons. The van der Waals surface area contributed by atoms with E-state index < -0.39 is 5.60 Å². The van der Waals surface area contributed by atoms with Crippen molar-refractivity contribution in [1.29, 1.82) is 0 Å². The van der Waals surface area contributed by atoms with Crippen LogP contribution in [0.15, 0.2) is 42.5 Å². The molecular weight excluding hydrogens is 338 g/mol. The van der Waals surface area contributed by atoms with Gasteiger partial charge in [-0.25, -0.2) is 0 Å². The summed E-state index contributed by atoms with van der Waals surface area (Å²) in [6.07, 6.45) is 4.43. The molecule has 2 aromatic rings. The third-order valence-corrected chi connectivity index (χ3v) is 5.18. The Balaban J connectivity index is 1.71. The number of aliphatic hydroxyl groups is 1. The number of nitrogens with one attached hydrogen (secondary N) is 1. The lowest BCUT2D eigenvalue weighted by molar-refractivity contribution is 0.0714. The van der Waals surface area contributed by atoms with Crippen LogP contribution in [0.25, 0.3) is 0 Å². The summed E-state index contributed by atoms with van der Waals surface area (Å²) >= 11 is 0. The molecule has 0 spiro atoms. The molecule has 144 valence electrons. The van der Waals surface area contributed by atoms with Gasteiger partial charge in [-0.2, -0.15) is 0 Å². The number of hydrogen-bond acceptors (Lipinski definition) is 3. The van der Waals surface area contributed by atoms with E-state index in [9.17, 15) is 9.90 Å². The van der Waals surface area contributed by atoms with Crippen molar-refractivity contribution in [2.45, 2.75) is 57.6 Å². The molecule has 3 rings (SSSR count). The van der Waals surface area contributed by atoms with E-state index in [0.717, 1.165) is 37.0 Å². The first kappa shape index (κ1) is 19.4. The van der Waals surface area contributed by atoms with E-state index in [1.54, 1.807) is 21.0 Å². The van der Waals surface area contributed by atoms with Crippen LogP contribution in [0.1, 0.15) is 66.2 Å². The van der Waals surface area contributed by atoms with Crippen LogP contribution in [0, 0.1) is 0 Å². The van der Waals surface area contributed by atoms with E-state index in [1.165, 1.54) is 11.1 Å². The van der Waals surface area contributed by atoms with Crippen LogP contribution in [0.3, 0.4) is 0 Å². The third kappa shape index (κ3) is 5.10. The van der Waals surface area contributed by atoms with Gasteiger partial charge in [0.2, 0.25) is 0 Å². The molecular formula is C23H29NO3. The van der Waals surface area contributed by atoms with Crippen molar-refractivity contribution in [3.8, 4) is 5.75 Å². The molecule has 1 aliphatic rings. The summed E-state index contributed by atoms with van der Waals surface area (Å²) in [5.41, 5.74) is 3.48. The van der Waals surface area contributed by atoms with Gasteiger partial charge in [0, 0.05) is 5.56 Å². The van der Waals surface area contributed by atoms with Crippen LogP contribution < -0.4 is 10.1 Å². The number of carbonyl (C=O) groups excluding carboxylic acids is 1. The largest absolute Gasteiger partial charge is 0.497 e. The fraction of sp³-hybridized carbons (Fsp3) is 0.435. The topological polar surface area (TPSA) is 58.6 Å². The van der Waals surface area contributed by atoms with Crippen molar-refractivity contribution in [2.24, 2.45) is 0 Å². The van der Waals surface area contributed by atoms with Gasteiger partial charge in [-0.15, -0.1) is 0 Å². The summed E-state index contributed by atoms with van der Waals surface area (Å²) in [7, 11) is 1.68. The Hall–Kier alpha value is -2.33. The van der Waals surface area contributed by atoms with E-state index in [4.69, 9.17) is 4.74 Å². The second-order valence-electron chi connectivity index (χ2n) is 8.00. The van der Waals surface area contributed by atoms with Crippen molar-refractivity contribution in [3.63, 3.8) is 0 Å². The summed E-state index contributed by atoms with van der Waals surface area (Å²) in [5, 5.41) is 13.1. The highest BCUT2D eigenvalue weighted by molar-refractivity contribution is 5.94. The average Bonchev–Trinajstić information content (AvgIpc) is 2.66. The van der Waals surface area contributed by atoms with Gasteiger partial charge in [0.1, 0.15) is 5.75 Å². The number of carbonyl (C=O) groups is 1. The number of ether oxygens (including phenoxy) is 1. The zero-order valence-corrected chi connectivity index (χ0v) is 16.4. The number of amides is 1. The maximum Gasteiger partial charge on any atom is 0.251 e. The van der Waals surface area contributed by atoms with Crippen molar-refractivity contribution in [1.82, 2.24) is 5.32 Å². The first-order chi connectivity index (χ1) is 12.9. The fourth-order valence-corrected chi connectivity index (χ4v) is 3.63. The molecule has 2 N–H and O–H groups in total. The smallest absolute Gasteiger partial charge is 0.251 e. The van der Waals surface area contributed by atoms with Gasteiger partial charge in [0.05, 0.1) is 18.8 Å². The van der Waals surface area contributed by atoms with E-state index in [1.807, 2.05) is 30.3 Å². The van der Waals surface area contributed by atoms with Crippen LogP contribution in [0.4, 0.5) is 0 Å². The first-order valence-electron chi connectivity index (χ1n) is 9.65. The van der Waals surface area contributed by atoms with Gasteiger partial charge >= 0.3 is 0 Å². The minimum atomic E-state index is -0.703. The van der Waals surface area contributed by atoms with Crippen molar-refractivity contribution >= 4 is 5.91 Å². The van der Waals surface area contributed by atoms with Gasteiger partial charge < -0.3 is 15.2 Å². The van der Waals surface area contributed by atoms with Crippen LogP contribution >= 0.6 is 0 Å². The normalized spacial score (nSPS) is 16.5. The Morgan fingerprint density at radius 3 is 2.81 bits per heavy atom. The molecule has 0 bridgehead atoms. The molecule has 4 heteroatoms. The molecule has 0 unspecified atom stereocenters. The third-order valence-electron chi connectivity index (χ3n) is 5.18. The number of rotatable bonds is 6. The zero-order chi connectivity index (χ0) is 19.4. The molecule has 0 aliphatic heterocycles. The van der Waals surface area contributed by atoms with E-state index in [2.05, 4.69) is 17.4 Å². The maximum atomic E-state index is 12.8. The van der Waals surface area contributed by atoms with Gasteiger partial charge in [-0.3, -0.25) is 4.79 Å². The molecule has 1 atom stereocenters. The molecule has 0 saturated heterocycles. The molecule has 0 saturated carbocycles. The number of hydrogen-bond donors (Lipinski definition) is 2. The van der Waals surface area contributed by atoms with Crippen LogP contribution in [0.2, 0.25) is 0 Å². The lowest BCUT2D eigenvalue weighted by Gasteiger charge is -2.27. The summed E-state index contributed by atoms with van der Waals surface area (Å²) in [6, 6.07) is 13.8. The quantitative estimate of drug-likeness (QED) is 0.804. The van der Waals surface area contributed by atoms with E-state index >= 15 is 0 Å². The molecule has 0 aromatic heterocycles. The van der Waals surface area contributed by atoms with Gasteiger partial charge in [0.15, 0.2) is 0 Å². The Labute approximate surface area is 161 Å². The van der Waals surface area contributed by atoms with E-state index in [-0.39, 0.29) is 11.9 Å². The van der Waals surface area contributed by atoms with Crippen LogP contribution in [0.5, 0.6) is 5.75 Å². The summed E-state index contributed by atoms with van der Waals surface area (Å²) < 4.78 is 5.32. The van der Waals surface area contributed by atoms with E-state index in [0.29, 0.717) is 12.0 Å². The van der Waals surface area contributed by atoms with Crippen molar-refractivity contribution in [2.75, 3.05) is 7.11 Å². The lowest BCUT2D eigenvalue weighted by atomic mass is 9.87. The number of methoxy groups -OCH3 is 1. The Morgan fingerprint density at radius 1 is 1.26 bits per heavy atom. The lowest BCUT2D eigenvalue weighted by Crippen LogP contribution is -2.31. The highest BCUT2D eigenvalue weighted by Crippen LogP contribution is 2.32. The van der Waals surface area contributed by atoms with Crippen LogP contribution in [-0.2, 0) is 12.8 Å². The molecule has 4 nitrogen and oxygen atoms in total. The summed E-state index contributed by atoms with van der Waals surface area (Å²) in [5.74, 6) is 0.814. The highest BCUT2D eigenvalue weighted by atomic mass is 16.5. The SMILES string of the molecule is COc1ccc2c(c1)CCC[C@@H]2NC(=O)c1cccc(CCC(C)(C)O)c1. The monoisotopic (exact) mass is 367 g/mol. The zero-order valence-electron chi connectivity index (χ0n) is 16.4. The standard InChI is InChI=1S/C23H29NO3/c1-23(2,26)13-12-16-6-4-8-18(14-16)22(25)24-21-9-5-7-17-15-19(27-3)10-11-20(17)21/h4,6,8,10-11,14-15,21,26H,5,7,9,12-13H2,1-3H3,(H,24,25)/t21-/m0/s1. The predicted octanol–water partition coefficient (Wildman–Crippen LogP) is 4.21. The Kier molecular flexibility index (Phi) is 5.85. The average molecular weight is 367 g/mol. The second kappa shape index (κ2) is 8.13. The highest BCUT2D eigenvalue weighted by Gasteiger charge is 2.23. The molecule has 1 amide bonds.